The van der Waals surface area contributed by atoms with Gasteiger partial charge in [0.25, 0.3) is 0 Å². The molecule has 72 valence electrons. The third-order valence-electron chi connectivity index (χ3n) is 1.56. The highest BCUT2D eigenvalue weighted by Gasteiger charge is 2.36. The van der Waals surface area contributed by atoms with Crippen molar-refractivity contribution in [3.05, 3.63) is 12.7 Å². The molecule has 0 heterocycles. The van der Waals surface area contributed by atoms with Gasteiger partial charge >= 0.3 is 8.80 Å². The van der Waals surface area contributed by atoms with E-state index in [0.717, 1.165) is 6.54 Å². The predicted molar refractivity (Wildman–Crippen MR) is 49.8 cm³/mol. The number of nitrogens with one attached hydrogen (secondary N) is 1. The van der Waals surface area contributed by atoms with Gasteiger partial charge in [0.1, 0.15) is 0 Å². The summed E-state index contributed by atoms with van der Waals surface area (Å²) in [7, 11) is 2.36. The molecule has 0 atom stereocenters. The van der Waals surface area contributed by atoms with Crippen molar-refractivity contribution in [1.29, 1.82) is 0 Å². The lowest BCUT2D eigenvalue weighted by Crippen LogP contribution is -2.52. The normalized spacial score (nSPS) is 11.6. The van der Waals surface area contributed by atoms with Crippen molar-refractivity contribution in [2.45, 2.75) is 0 Å². The molecular weight excluding hydrogens is 174 g/mol. The third-order valence-corrected chi connectivity index (χ3v) is 4.11. The van der Waals surface area contributed by atoms with Gasteiger partial charge in [-0.05, 0) is 0 Å². The second kappa shape index (κ2) is 6.33. The maximum absolute atomic E-state index is 5.18. The Labute approximate surface area is 74.9 Å². The topological polar surface area (TPSA) is 39.7 Å². The van der Waals surface area contributed by atoms with Gasteiger partial charge in [-0.2, -0.15) is 0 Å². The highest BCUT2D eigenvalue weighted by molar-refractivity contribution is 6.60. The molecule has 0 radical (unpaired) electrons. The molecule has 0 aliphatic heterocycles. The van der Waals surface area contributed by atoms with Gasteiger partial charge in [-0.25, -0.2) is 0 Å². The summed E-state index contributed by atoms with van der Waals surface area (Å²) in [4.78, 5) is 0. The van der Waals surface area contributed by atoms with Crippen molar-refractivity contribution in [3.8, 4) is 0 Å². The molecule has 0 aromatic rings. The van der Waals surface area contributed by atoms with Gasteiger partial charge in [-0.3, -0.25) is 0 Å². The Kier molecular flexibility index (Phi) is 6.22. The van der Waals surface area contributed by atoms with Gasteiger partial charge in [0, 0.05) is 27.9 Å². The summed E-state index contributed by atoms with van der Waals surface area (Å²) in [6.07, 6.45) is 2.38. The molecule has 0 saturated carbocycles. The standard InChI is InChI=1S/C7H17NO3Si/c1-5-6-8-7-12(9-2,10-3)11-4/h5,8H,1,6-7H2,2-4H3. The van der Waals surface area contributed by atoms with Crippen LogP contribution in [0.3, 0.4) is 0 Å². The van der Waals surface area contributed by atoms with E-state index in [-0.39, 0.29) is 0 Å². The second-order valence-corrected chi connectivity index (χ2v) is 5.16. The van der Waals surface area contributed by atoms with E-state index in [1.54, 1.807) is 27.4 Å². The quantitative estimate of drug-likeness (QED) is 0.354. The Balaban J connectivity index is 3.84. The first kappa shape index (κ1) is 11.8. The zero-order chi connectivity index (χ0) is 9.45. The van der Waals surface area contributed by atoms with E-state index in [9.17, 15) is 0 Å². The third kappa shape index (κ3) is 3.46. The lowest BCUT2D eigenvalue weighted by atomic mass is 10.6. The summed E-state index contributed by atoms with van der Waals surface area (Å²) < 4.78 is 15.5. The Hall–Kier alpha value is -0.203. The van der Waals surface area contributed by atoms with E-state index in [0.29, 0.717) is 6.17 Å². The Morgan fingerprint density at radius 3 is 2.08 bits per heavy atom. The summed E-state index contributed by atoms with van der Waals surface area (Å²) in [6, 6.07) is 0. The summed E-state index contributed by atoms with van der Waals surface area (Å²) in [5, 5.41) is 3.10. The molecule has 12 heavy (non-hydrogen) atoms. The maximum atomic E-state index is 5.18. The van der Waals surface area contributed by atoms with Crippen LogP contribution >= 0.6 is 0 Å². The summed E-state index contributed by atoms with van der Waals surface area (Å²) in [5.74, 6) is 0. The van der Waals surface area contributed by atoms with E-state index < -0.39 is 8.80 Å². The fraction of sp³-hybridized carbons (Fsp3) is 0.714. The molecule has 0 rings (SSSR count). The number of hydrogen-bond acceptors (Lipinski definition) is 4. The zero-order valence-corrected chi connectivity index (χ0v) is 8.92. The van der Waals surface area contributed by atoms with Crippen molar-refractivity contribution in [3.63, 3.8) is 0 Å². The first-order valence-corrected chi connectivity index (χ1v) is 5.65. The van der Waals surface area contributed by atoms with Gasteiger partial charge in [-0.1, -0.05) is 6.08 Å². The summed E-state index contributed by atoms with van der Waals surface area (Å²) >= 11 is 0. The number of rotatable bonds is 7. The fourth-order valence-electron chi connectivity index (χ4n) is 0.794. The first-order chi connectivity index (χ1) is 5.74. The zero-order valence-electron chi connectivity index (χ0n) is 7.92. The van der Waals surface area contributed by atoms with Crippen LogP contribution in [-0.4, -0.2) is 42.8 Å². The first-order valence-electron chi connectivity index (χ1n) is 3.71. The van der Waals surface area contributed by atoms with Gasteiger partial charge in [-0.15, -0.1) is 6.58 Å². The van der Waals surface area contributed by atoms with Crippen molar-refractivity contribution < 1.29 is 13.3 Å². The average molecular weight is 191 g/mol. The molecule has 0 saturated heterocycles. The predicted octanol–water partition coefficient (Wildman–Crippen LogP) is 0.179. The molecular formula is C7H17NO3Si. The molecule has 0 spiro atoms. The molecule has 0 aromatic heterocycles. The fourth-order valence-corrected chi connectivity index (χ4v) is 2.18. The molecule has 1 N–H and O–H groups in total. The van der Waals surface area contributed by atoms with E-state index in [1.165, 1.54) is 0 Å². The van der Waals surface area contributed by atoms with Crippen LogP contribution in [0.1, 0.15) is 0 Å². The monoisotopic (exact) mass is 191 g/mol. The summed E-state index contributed by atoms with van der Waals surface area (Å²) in [5.41, 5.74) is 0. The molecule has 0 bridgehead atoms. The van der Waals surface area contributed by atoms with Gasteiger partial charge < -0.3 is 18.6 Å². The molecule has 4 nitrogen and oxygen atoms in total. The van der Waals surface area contributed by atoms with Crippen LogP contribution in [0.2, 0.25) is 0 Å². The second-order valence-electron chi connectivity index (χ2n) is 2.21. The number of hydrogen-bond donors (Lipinski definition) is 1. The minimum absolute atomic E-state index is 0.600. The average Bonchev–Trinajstić information content (AvgIpc) is 2.14. The minimum atomic E-state index is -2.41. The highest BCUT2D eigenvalue weighted by atomic mass is 28.4. The Bertz CT molecular complexity index is 120. The summed E-state index contributed by atoms with van der Waals surface area (Å²) in [6.45, 7) is 4.32. The van der Waals surface area contributed by atoms with Crippen molar-refractivity contribution >= 4 is 8.80 Å². The SMILES string of the molecule is C=CCNC[Si](OC)(OC)OC. The van der Waals surface area contributed by atoms with Crippen molar-refractivity contribution in [2.75, 3.05) is 34.0 Å². The largest absolute Gasteiger partial charge is 0.514 e. The lowest BCUT2D eigenvalue weighted by molar-refractivity contribution is 0.122. The highest BCUT2D eigenvalue weighted by Crippen LogP contribution is 2.03. The van der Waals surface area contributed by atoms with E-state index in [1.807, 2.05) is 0 Å². The van der Waals surface area contributed by atoms with E-state index in [4.69, 9.17) is 13.3 Å². The van der Waals surface area contributed by atoms with Crippen LogP contribution in [0, 0.1) is 0 Å². The molecule has 0 amide bonds. The van der Waals surface area contributed by atoms with Crippen LogP contribution in [-0.2, 0) is 13.3 Å². The smallest absolute Gasteiger partial charge is 0.376 e. The molecule has 0 unspecified atom stereocenters. The molecule has 5 heteroatoms. The van der Waals surface area contributed by atoms with E-state index >= 15 is 0 Å². The van der Waals surface area contributed by atoms with Gasteiger partial charge in [0.2, 0.25) is 0 Å². The molecule has 0 aliphatic rings. The Morgan fingerprint density at radius 1 is 1.25 bits per heavy atom. The molecule has 0 aliphatic carbocycles. The van der Waals surface area contributed by atoms with Crippen molar-refractivity contribution in [1.82, 2.24) is 5.32 Å². The van der Waals surface area contributed by atoms with Crippen LogP contribution in [0.4, 0.5) is 0 Å². The van der Waals surface area contributed by atoms with Crippen LogP contribution in [0.15, 0.2) is 12.7 Å². The van der Waals surface area contributed by atoms with Crippen LogP contribution in [0.5, 0.6) is 0 Å². The van der Waals surface area contributed by atoms with Gasteiger partial charge in [0.05, 0.1) is 6.17 Å². The maximum Gasteiger partial charge on any atom is 0.514 e. The Morgan fingerprint density at radius 2 is 1.75 bits per heavy atom. The lowest BCUT2D eigenvalue weighted by Gasteiger charge is -2.24. The molecule has 0 fully saturated rings. The molecule has 0 aromatic carbocycles. The van der Waals surface area contributed by atoms with Crippen LogP contribution < -0.4 is 5.32 Å². The van der Waals surface area contributed by atoms with Gasteiger partial charge in [0.15, 0.2) is 0 Å². The minimum Gasteiger partial charge on any atom is -0.376 e. The van der Waals surface area contributed by atoms with E-state index in [2.05, 4.69) is 11.9 Å². The van der Waals surface area contributed by atoms with Crippen molar-refractivity contribution in [2.24, 2.45) is 0 Å². The van der Waals surface area contributed by atoms with Crippen LogP contribution in [0.25, 0.3) is 0 Å².